The van der Waals surface area contributed by atoms with E-state index in [1.807, 2.05) is 0 Å². The summed E-state index contributed by atoms with van der Waals surface area (Å²) in [5.74, 6) is 2.08. The summed E-state index contributed by atoms with van der Waals surface area (Å²) >= 11 is 0. The van der Waals surface area contributed by atoms with Crippen LogP contribution in [-0.2, 0) is 0 Å². The number of aromatic amines is 1. The fraction of sp³-hybridized carbons (Fsp3) is 0.643. The van der Waals surface area contributed by atoms with Gasteiger partial charge in [0.25, 0.3) is 0 Å². The second-order valence-corrected chi connectivity index (χ2v) is 5.49. The van der Waals surface area contributed by atoms with Crippen molar-refractivity contribution in [2.24, 2.45) is 5.92 Å². The Hall–Kier alpha value is -1.85. The molecule has 0 spiro atoms. The van der Waals surface area contributed by atoms with Crippen LogP contribution < -0.4 is 10.2 Å². The van der Waals surface area contributed by atoms with Gasteiger partial charge in [0.2, 0.25) is 5.95 Å². The lowest BCUT2D eigenvalue weighted by Crippen LogP contribution is -2.34. The minimum Gasteiger partial charge on any atom is -0.355 e. The van der Waals surface area contributed by atoms with Crippen molar-refractivity contribution in [3.8, 4) is 0 Å². The maximum absolute atomic E-state index is 4.65. The third kappa shape index (κ3) is 2.84. The smallest absolute Gasteiger partial charge is 0.226 e. The van der Waals surface area contributed by atoms with E-state index in [0.717, 1.165) is 24.3 Å². The number of nitrogens with one attached hydrogen (secondary N) is 2. The Morgan fingerprint density at radius 2 is 2.05 bits per heavy atom. The summed E-state index contributed by atoms with van der Waals surface area (Å²) in [5, 5.41) is 3.24. The molecule has 2 aromatic heterocycles. The van der Waals surface area contributed by atoms with Crippen LogP contribution in [0.3, 0.4) is 0 Å². The molecule has 0 aliphatic carbocycles. The highest BCUT2D eigenvalue weighted by atomic mass is 15.2. The molecule has 0 aromatic carbocycles. The van der Waals surface area contributed by atoms with Gasteiger partial charge in [-0.25, -0.2) is 4.98 Å². The molecule has 0 fully saturated rings. The van der Waals surface area contributed by atoms with E-state index in [0.29, 0.717) is 23.6 Å². The molecule has 0 saturated heterocycles. The number of H-pyrrole nitrogens is 1. The first kappa shape index (κ1) is 14.6. The fourth-order valence-corrected chi connectivity index (χ4v) is 2.03. The second kappa shape index (κ2) is 6.07. The summed E-state index contributed by atoms with van der Waals surface area (Å²) in [6.45, 7) is 9.60. The number of fused-ring (bicyclic) bond motifs is 1. The van der Waals surface area contributed by atoms with Crippen LogP contribution in [0.15, 0.2) is 6.33 Å². The van der Waals surface area contributed by atoms with Crippen LogP contribution in [0.1, 0.15) is 34.1 Å². The number of hydrogen-bond donors (Lipinski definition) is 2. The Kier molecular flexibility index (Phi) is 4.42. The average molecular weight is 276 g/mol. The van der Waals surface area contributed by atoms with Gasteiger partial charge in [-0.1, -0.05) is 20.8 Å². The summed E-state index contributed by atoms with van der Waals surface area (Å²) in [4.78, 5) is 18.7. The average Bonchev–Trinajstić information content (AvgIpc) is 2.90. The standard InChI is InChI=1S/C14H24N6/c1-6-7-15-14-18-12-11(16-8-17-12)13(19-14)20(5)10(4)9(2)3/h8-10H,6-7H2,1-5H3,(H2,15,16,17,18,19). The monoisotopic (exact) mass is 276 g/mol. The van der Waals surface area contributed by atoms with E-state index in [2.05, 4.69) is 64.9 Å². The van der Waals surface area contributed by atoms with Crippen molar-refractivity contribution in [3.05, 3.63) is 6.33 Å². The lowest BCUT2D eigenvalue weighted by atomic mass is 10.1. The summed E-state index contributed by atoms with van der Waals surface area (Å²) in [6, 6.07) is 0.385. The lowest BCUT2D eigenvalue weighted by Gasteiger charge is -2.29. The third-order valence-electron chi connectivity index (χ3n) is 3.71. The second-order valence-electron chi connectivity index (χ2n) is 5.49. The highest BCUT2D eigenvalue weighted by Gasteiger charge is 2.19. The molecule has 0 aliphatic rings. The van der Waals surface area contributed by atoms with Crippen LogP contribution in [0.5, 0.6) is 0 Å². The van der Waals surface area contributed by atoms with Crippen molar-refractivity contribution in [3.63, 3.8) is 0 Å². The molecule has 2 heterocycles. The molecular formula is C14H24N6. The van der Waals surface area contributed by atoms with Crippen molar-refractivity contribution in [1.29, 1.82) is 0 Å². The summed E-state index contributed by atoms with van der Waals surface area (Å²) < 4.78 is 0. The van der Waals surface area contributed by atoms with E-state index >= 15 is 0 Å². The van der Waals surface area contributed by atoms with Gasteiger partial charge in [0, 0.05) is 19.6 Å². The fourth-order valence-electron chi connectivity index (χ4n) is 2.03. The predicted octanol–water partition coefficient (Wildman–Crippen LogP) is 2.66. The summed E-state index contributed by atoms with van der Waals surface area (Å²) in [5.41, 5.74) is 1.60. The first-order chi connectivity index (χ1) is 9.54. The molecule has 2 N–H and O–H groups in total. The quantitative estimate of drug-likeness (QED) is 0.849. The van der Waals surface area contributed by atoms with Gasteiger partial charge in [-0.15, -0.1) is 0 Å². The van der Waals surface area contributed by atoms with Gasteiger partial charge in [0.15, 0.2) is 11.5 Å². The molecule has 6 heteroatoms. The molecular weight excluding hydrogens is 252 g/mol. The predicted molar refractivity (Wildman–Crippen MR) is 83.2 cm³/mol. The third-order valence-corrected chi connectivity index (χ3v) is 3.71. The van der Waals surface area contributed by atoms with Gasteiger partial charge >= 0.3 is 0 Å². The summed E-state index contributed by atoms with van der Waals surface area (Å²) in [7, 11) is 2.07. The SMILES string of the molecule is CCCNc1nc(N(C)C(C)C(C)C)c2[nH]cnc2n1. The first-order valence-corrected chi connectivity index (χ1v) is 7.22. The minimum atomic E-state index is 0.385. The highest BCUT2D eigenvalue weighted by Crippen LogP contribution is 2.25. The van der Waals surface area contributed by atoms with Crippen LogP contribution in [0.25, 0.3) is 11.2 Å². The Balaban J connectivity index is 2.41. The number of aromatic nitrogens is 4. The summed E-state index contributed by atoms with van der Waals surface area (Å²) in [6.07, 6.45) is 2.70. The van der Waals surface area contributed by atoms with Crippen LogP contribution in [-0.4, -0.2) is 39.6 Å². The Morgan fingerprint density at radius 3 is 2.70 bits per heavy atom. The number of rotatable bonds is 6. The normalized spacial score (nSPS) is 12.9. The maximum atomic E-state index is 4.65. The van der Waals surface area contributed by atoms with Crippen LogP contribution in [0, 0.1) is 5.92 Å². The molecule has 6 nitrogen and oxygen atoms in total. The van der Waals surface area contributed by atoms with Gasteiger partial charge in [-0.3, -0.25) is 0 Å². The van der Waals surface area contributed by atoms with E-state index in [9.17, 15) is 0 Å². The Morgan fingerprint density at radius 1 is 1.30 bits per heavy atom. The molecule has 110 valence electrons. The van der Waals surface area contributed by atoms with E-state index < -0.39 is 0 Å². The Labute approximate surface area is 120 Å². The van der Waals surface area contributed by atoms with Crippen molar-refractivity contribution >= 4 is 22.9 Å². The molecule has 0 saturated carbocycles. The van der Waals surface area contributed by atoms with Crippen LogP contribution in [0.4, 0.5) is 11.8 Å². The van der Waals surface area contributed by atoms with Crippen LogP contribution in [0.2, 0.25) is 0 Å². The molecule has 2 aromatic rings. The number of imidazole rings is 1. The van der Waals surface area contributed by atoms with E-state index in [-0.39, 0.29) is 0 Å². The first-order valence-electron chi connectivity index (χ1n) is 7.22. The molecule has 0 amide bonds. The molecule has 20 heavy (non-hydrogen) atoms. The van der Waals surface area contributed by atoms with Crippen LogP contribution >= 0.6 is 0 Å². The Bertz CT molecular complexity index is 562. The zero-order chi connectivity index (χ0) is 14.7. The zero-order valence-corrected chi connectivity index (χ0v) is 12.9. The minimum absolute atomic E-state index is 0.385. The molecule has 0 radical (unpaired) electrons. The molecule has 0 bridgehead atoms. The van der Waals surface area contributed by atoms with E-state index in [4.69, 9.17) is 0 Å². The highest BCUT2D eigenvalue weighted by molar-refractivity contribution is 5.84. The molecule has 2 rings (SSSR count). The lowest BCUT2D eigenvalue weighted by molar-refractivity contribution is 0.503. The zero-order valence-electron chi connectivity index (χ0n) is 12.9. The van der Waals surface area contributed by atoms with E-state index in [1.54, 1.807) is 6.33 Å². The van der Waals surface area contributed by atoms with Gasteiger partial charge < -0.3 is 15.2 Å². The molecule has 1 unspecified atom stereocenters. The largest absolute Gasteiger partial charge is 0.355 e. The van der Waals surface area contributed by atoms with Crippen molar-refractivity contribution in [1.82, 2.24) is 19.9 Å². The molecule has 1 atom stereocenters. The number of nitrogens with zero attached hydrogens (tertiary/aromatic N) is 4. The van der Waals surface area contributed by atoms with E-state index in [1.165, 1.54) is 0 Å². The number of anilines is 2. The van der Waals surface area contributed by atoms with Gasteiger partial charge in [0.05, 0.1) is 6.33 Å². The number of hydrogen-bond acceptors (Lipinski definition) is 5. The topological polar surface area (TPSA) is 69.7 Å². The molecule has 0 aliphatic heterocycles. The van der Waals surface area contributed by atoms with Crippen molar-refractivity contribution in [2.45, 2.75) is 40.2 Å². The van der Waals surface area contributed by atoms with Gasteiger partial charge in [-0.05, 0) is 19.3 Å². The van der Waals surface area contributed by atoms with Crippen molar-refractivity contribution in [2.75, 3.05) is 23.8 Å². The van der Waals surface area contributed by atoms with Gasteiger partial charge in [-0.2, -0.15) is 9.97 Å². The maximum Gasteiger partial charge on any atom is 0.226 e. The van der Waals surface area contributed by atoms with Gasteiger partial charge in [0.1, 0.15) is 5.52 Å². The van der Waals surface area contributed by atoms with Crippen molar-refractivity contribution < 1.29 is 0 Å².